The Morgan fingerprint density at radius 2 is 2.21 bits per heavy atom. The molecule has 19 heavy (non-hydrogen) atoms. The normalized spacial score (nSPS) is 15.2. The second-order valence-corrected chi connectivity index (χ2v) is 6.36. The van der Waals surface area contributed by atoms with Gasteiger partial charge in [-0.3, -0.25) is 4.79 Å². The Morgan fingerprint density at radius 1 is 1.47 bits per heavy atom. The van der Waals surface area contributed by atoms with Gasteiger partial charge in [-0.25, -0.2) is 0 Å². The summed E-state index contributed by atoms with van der Waals surface area (Å²) in [5.74, 6) is 1.06. The molecule has 1 amide bonds. The number of ether oxygens (including phenoxy) is 1. The molecule has 1 aromatic rings. The van der Waals surface area contributed by atoms with Crippen LogP contribution in [0.2, 0.25) is 0 Å². The van der Waals surface area contributed by atoms with Gasteiger partial charge < -0.3 is 10.1 Å². The van der Waals surface area contributed by atoms with Crippen molar-refractivity contribution < 1.29 is 9.53 Å². The minimum absolute atomic E-state index is 0.0373. The standard InChI is InChI=1S/C15H20BrNO2/c1-10(2)9-19-14-7-6-11(16)8-13(14)15(18)17-12-4-3-5-12/h6-8,10,12H,3-5,9H2,1-2H3,(H,17,18). The highest BCUT2D eigenvalue weighted by molar-refractivity contribution is 9.10. The summed E-state index contributed by atoms with van der Waals surface area (Å²) in [4.78, 5) is 12.3. The lowest BCUT2D eigenvalue weighted by atomic mass is 9.93. The van der Waals surface area contributed by atoms with Crippen LogP contribution in [0, 0.1) is 5.92 Å². The van der Waals surface area contributed by atoms with Gasteiger partial charge in [-0.1, -0.05) is 29.8 Å². The van der Waals surface area contributed by atoms with Crippen molar-refractivity contribution in [1.82, 2.24) is 5.32 Å². The average Bonchev–Trinajstić information content (AvgIpc) is 2.31. The molecule has 0 heterocycles. The SMILES string of the molecule is CC(C)COc1ccc(Br)cc1C(=O)NC1CCC1. The number of nitrogens with one attached hydrogen (secondary N) is 1. The molecule has 0 radical (unpaired) electrons. The molecule has 0 spiro atoms. The van der Waals surface area contributed by atoms with Gasteiger partial charge in [0.2, 0.25) is 0 Å². The van der Waals surface area contributed by atoms with E-state index in [2.05, 4.69) is 35.1 Å². The van der Waals surface area contributed by atoms with Gasteiger partial charge in [0.05, 0.1) is 12.2 Å². The molecule has 4 heteroatoms. The lowest BCUT2D eigenvalue weighted by molar-refractivity contribution is 0.0912. The molecule has 0 saturated heterocycles. The molecule has 1 aliphatic carbocycles. The fraction of sp³-hybridized carbons (Fsp3) is 0.533. The Hall–Kier alpha value is -1.03. The molecule has 2 rings (SSSR count). The van der Waals surface area contributed by atoms with Crippen molar-refractivity contribution in [1.29, 1.82) is 0 Å². The molecular formula is C15H20BrNO2. The van der Waals surface area contributed by atoms with Crippen LogP contribution in [0.1, 0.15) is 43.5 Å². The lowest BCUT2D eigenvalue weighted by Crippen LogP contribution is -2.39. The molecule has 1 aliphatic rings. The Labute approximate surface area is 122 Å². The molecule has 104 valence electrons. The van der Waals surface area contributed by atoms with Gasteiger partial charge in [-0.2, -0.15) is 0 Å². The van der Waals surface area contributed by atoms with Crippen LogP contribution < -0.4 is 10.1 Å². The van der Waals surface area contributed by atoms with E-state index in [1.54, 1.807) is 0 Å². The summed E-state index contributed by atoms with van der Waals surface area (Å²) in [6.45, 7) is 4.80. The van der Waals surface area contributed by atoms with Crippen molar-refractivity contribution in [2.75, 3.05) is 6.61 Å². The van der Waals surface area contributed by atoms with Crippen LogP contribution in [0.15, 0.2) is 22.7 Å². The minimum Gasteiger partial charge on any atom is -0.492 e. The Morgan fingerprint density at radius 3 is 2.79 bits per heavy atom. The van der Waals surface area contributed by atoms with Gasteiger partial charge >= 0.3 is 0 Å². The number of hydrogen-bond donors (Lipinski definition) is 1. The van der Waals surface area contributed by atoms with E-state index >= 15 is 0 Å². The number of rotatable bonds is 5. The van der Waals surface area contributed by atoms with Crippen LogP contribution >= 0.6 is 15.9 Å². The molecule has 0 bridgehead atoms. The molecule has 0 aromatic heterocycles. The van der Waals surface area contributed by atoms with Gasteiger partial charge in [0.25, 0.3) is 5.91 Å². The third-order valence-electron chi connectivity index (χ3n) is 3.20. The second-order valence-electron chi connectivity index (χ2n) is 5.45. The summed E-state index contributed by atoms with van der Waals surface area (Å²) in [6.07, 6.45) is 3.38. The van der Waals surface area contributed by atoms with E-state index in [0.717, 1.165) is 17.3 Å². The van der Waals surface area contributed by atoms with Crippen molar-refractivity contribution in [3.63, 3.8) is 0 Å². The first kappa shape index (κ1) is 14.4. The number of hydrogen-bond acceptors (Lipinski definition) is 2. The molecular weight excluding hydrogens is 306 g/mol. The van der Waals surface area contributed by atoms with Crippen LogP contribution in [0.4, 0.5) is 0 Å². The van der Waals surface area contributed by atoms with E-state index in [9.17, 15) is 4.79 Å². The summed E-state index contributed by atoms with van der Waals surface area (Å²) >= 11 is 3.41. The van der Waals surface area contributed by atoms with E-state index in [1.807, 2.05) is 18.2 Å². The number of amides is 1. The maximum absolute atomic E-state index is 12.3. The van der Waals surface area contributed by atoms with Gasteiger partial charge in [0.1, 0.15) is 5.75 Å². The van der Waals surface area contributed by atoms with Crippen LogP contribution in [0.3, 0.4) is 0 Å². The van der Waals surface area contributed by atoms with E-state index in [1.165, 1.54) is 6.42 Å². The molecule has 0 unspecified atom stereocenters. The first-order valence-corrected chi connectivity index (χ1v) is 7.59. The van der Waals surface area contributed by atoms with E-state index < -0.39 is 0 Å². The Bertz CT molecular complexity index is 455. The average molecular weight is 326 g/mol. The predicted molar refractivity (Wildman–Crippen MR) is 79.6 cm³/mol. The summed E-state index contributed by atoms with van der Waals surface area (Å²) in [5, 5.41) is 3.05. The van der Waals surface area contributed by atoms with Crippen molar-refractivity contribution >= 4 is 21.8 Å². The van der Waals surface area contributed by atoms with Crippen LogP contribution in [-0.4, -0.2) is 18.6 Å². The summed E-state index contributed by atoms with van der Waals surface area (Å²) < 4.78 is 6.62. The predicted octanol–water partition coefficient (Wildman–Crippen LogP) is 3.77. The van der Waals surface area contributed by atoms with Gasteiger partial charge in [-0.15, -0.1) is 0 Å². The highest BCUT2D eigenvalue weighted by atomic mass is 79.9. The first-order valence-electron chi connectivity index (χ1n) is 6.79. The Kier molecular flexibility index (Phi) is 4.86. The van der Waals surface area contributed by atoms with E-state index in [-0.39, 0.29) is 5.91 Å². The van der Waals surface area contributed by atoms with Crippen molar-refractivity contribution in [2.45, 2.75) is 39.2 Å². The minimum atomic E-state index is -0.0373. The maximum Gasteiger partial charge on any atom is 0.255 e. The van der Waals surface area contributed by atoms with Crippen molar-refractivity contribution in [3.05, 3.63) is 28.2 Å². The topological polar surface area (TPSA) is 38.3 Å². The van der Waals surface area contributed by atoms with Crippen LogP contribution in [-0.2, 0) is 0 Å². The number of carbonyl (C=O) groups excluding carboxylic acids is 1. The van der Waals surface area contributed by atoms with E-state index in [4.69, 9.17) is 4.74 Å². The number of carbonyl (C=O) groups is 1. The molecule has 0 aliphatic heterocycles. The molecule has 1 fully saturated rings. The highest BCUT2D eigenvalue weighted by Gasteiger charge is 2.22. The summed E-state index contributed by atoms with van der Waals surface area (Å²) in [5.41, 5.74) is 0.613. The molecule has 1 saturated carbocycles. The quantitative estimate of drug-likeness (QED) is 0.894. The first-order chi connectivity index (χ1) is 9.06. The maximum atomic E-state index is 12.3. The second kappa shape index (κ2) is 6.42. The molecule has 1 N–H and O–H groups in total. The fourth-order valence-electron chi connectivity index (χ4n) is 1.88. The smallest absolute Gasteiger partial charge is 0.255 e. The van der Waals surface area contributed by atoms with Crippen LogP contribution in [0.5, 0.6) is 5.75 Å². The van der Waals surface area contributed by atoms with Crippen LogP contribution in [0.25, 0.3) is 0 Å². The zero-order chi connectivity index (χ0) is 13.8. The third kappa shape index (κ3) is 3.96. The number of halogens is 1. The largest absolute Gasteiger partial charge is 0.492 e. The molecule has 1 aromatic carbocycles. The fourth-order valence-corrected chi connectivity index (χ4v) is 2.24. The Balaban J connectivity index is 2.10. The third-order valence-corrected chi connectivity index (χ3v) is 3.69. The van der Waals surface area contributed by atoms with E-state index in [0.29, 0.717) is 29.9 Å². The zero-order valence-corrected chi connectivity index (χ0v) is 13.0. The zero-order valence-electron chi connectivity index (χ0n) is 11.4. The van der Waals surface area contributed by atoms with Gasteiger partial charge in [-0.05, 0) is 43.4 Å². The lowest BCUT2D eigenvalue weighted by Gasteiger charge is -2.26. The molecule has 0 atom stereocenters. The molecule has 3 nitrogen and oxygen atoms in total. The number of benzene rings is 1. The van der Waals surface area contributed by atoms with Gasteiger partial charge in [0, 0.05) is 10.5 Å². The van der Waals surface area contributed by atoms with Crippen molar-refractivity contribution in [3.8, 4) is 5.75 Å². The monoisotopic (exact) mass is 325 g/mol. The summed E-state index contributed by atoms with van der Waals surface area (Å²) in [6, 6.07) is 5.91. The summed E-state index contributed by atoms with van der Waals surface area (Å²) in [7, 11) is 0. The van der Waals surface area contributed by atoms with Gasteiger partial charge in [0.15, 0.2) is 0 Å². The highest BCUT2D eigenvalue weighted by Crippen LogP contribution is 2.25. The van der Waals surface area contributed by atoms with Crippen molar-refractivity contribution in [2.24, 2.45) is 5.92 Å².